The van der Waals surface area contributed by atoms with Gasteiger partial charge in [-0.05, 0) is 19.8 Å². The summed E-state index contributed by atoms with van der Waals surface area (Å²) in [7, 11) is 1.76. The number of nitrogens with two attached hydrogens (primary N) is 1. The van der Waals surface area contributed by atoms with Crippen molar-refractivity contribution in [1.29, 1.82) is 0 Å². The topological polar surface area (TPSA) is 66.6 Å². The molecule has 0 bridgehead atoms. The molecule has 2 amide bonds. The molecule has 5 nitrogen and oxygen atoms in total. The van der Waals surface area contributed by atoms with Crippen LogP contribution in [0.3, 0.4) is 0 Å². The molecule has 1 unspecified atom stereocenters. The molecule has 1 heterocycles. The molecule has 0 aromatic carbocycles. The van der Waals surface area contributed by atoms with E-state index in [-0.39, 0.29) is 24.4 Å². The minimum absolute atomic E-state index is 0.0202. The summed E-state index contributed by atoms with van der Waals surface area (Å²) in [6.07, 6.45) is 2.16. The van der Waals surface area contributed by atoms with Crippen molar-refractivity contribution in [3.8, 4) is 0 Å². The molecule has 0 aliphatic carbocycles. The standard InChI is InChI=1S/C11H21N3O2/c1-9(12)4-3-5-10(15)14-7-6-13(2)11(16)8-14/h9H,3-8,12H2,1-2H3. The molecule has 0 saturated carbocycles. The second kappa shape index (κ2) is 5.84. The van der Waals surface area contributed by atoms with E-state index < -0.39 is 0 Å². The molecule has 1 atom stereocenters. The number of rotatable bonds is 4. The number of amides is 2. The van der Waals surface area contributed by atoms with Crippen molar-refractivity contribution >= 4 is 11.8 Å². The van der Waals surface area contributed by atoms with Crippen LogP contribution in [0.1, 0.15) is 26.2 Å². The van der Waals surface area contributed by atoms with E-state index in [4.69, 9.17) is 5.73 Å². The van der Waals surface area contributed by atoms with Crippen molar-refractivity contribution in [2.75, 3.05) is 26.7 Å². The largest absolute Gasteiger partial charge is 0.342 e. The zero-order chi connectivity index (χ0) is 12.1. The van der Waals surface area contributed by atoms with Crippen LogP contribution in [-0.2, 0) is 9.59 Å². The predicted molar refractivity (Wildman–Crippen MR) is 61.7 cm³/mol. The van der Waals surface area contributed by atoms with E-state index in [1.54, 1.807) is 16.8 Å². The number of hydrogen-bond donors (Lipinski definition) is 1. The first-order valence-electron chi connectivity index (χ1n) is 5.78. The van der Waals surface area contributed by atoms with Gasteiger partial charge in [-0.2, -0.15) is 0 Å². The molecule has 1 saturated heterocycles. The van der Waals surface area contributed by atoms with Crippen LogP contribution in [0, 0.1) is 0 Å². The highest BCUT2D eigenvalue weighted by atomic mass is 16.2. The molecule has 5 heteroatoms. The Morgan fingerprint density at radius 2 is 2.19 bits per heavy atom. The highest BCUT2D eigenvalue weighted by Gasteiger charge is 2.24. The van der Waals surface area contributed by atoms with E-state index in [9.17, 15) is 9.59 Å². The average Bonchev–Trinajstić information content (AvgIpc) is 2.21. The monoisotopic (exact) mass is 227 g/mol. The minimum Gasteiger partial charge on any atom is -0.342 e. The summed E-state index contributed by atoms with van der Waals surface area (Å²) in [6.45, 7) is 3.45. The molecular weight excluding hydrogens is 206 g/mol. The fraction of sp³-hybridized carbons (Fsp3) is 0.818. The minimum atomic E-state index is 0.0202. The van der Waals surface area contributed by atoms with Crippen LogP contribution in [0.4, 0.5) is 0 Å². The summed E-state index contributed by atoms with van der Waals surface area (Å²) in [5.41, 5.74) is 5.61. The molecule has 1 aliphatic heterocycles. The van der Waals surface area contributed by atoms with Crippen molar-refractivity contribution < 1.29 is 9.59 Å². The maximum Gasteiger partial charge on any atom is 0.241 e. The van der Waals surface area contributed by atoms with Crippen molar-refractivity contribution in [2.45, 2.75) is 32.2 Å². The lowest BCUT2D eigenvalue weighted by atomic mass is 10.1. The predicted octanol–water partition coefficient (Wildman–Crippen LogP) is -0.195. The quantitative estimate of drug-likeness (QED) is 0.723. The van der Waals surface area contributed by atoms with Crippen LogP contribution in [0.5, 0.6) is 0 Å². The van der Waals surface area contributed by atoms with Gasteiger partial charge in [0.1, 0.15) is 0 Å². The SMILES string of the molecule is CC(N)CCCC(=O)N1CCN(C)C(=O)C1. The smallest absolute Gasteiger partial charge is 0.241 e. The maximum atomic E-state index is 11.7. The highest BCUT2D eigenvalue weighted by molar-refractivity contribution is 5.85. The molecule has 0 radical (unpaired) electrons. The summed E-state index contributed by atoms with van der Waals surface area (Å²) in [5.74, 6) is 0.0916. The Morgan fingerprint density at radius 3 is 2.75 bits per heavy atom. The zero-order valence-electron chi connectivity index (χ0n) is 10.1. The summed E-state index contributed by atoms with van der Waals surface area (Å²) in [6, 6.07) is 0.141. The van der Waals surface area contributed by atoms with Gasteiger partial charge in [0.15, 0.2) is 0 Å². The van der Waals surface area contributed by atoms with E-state index in [1.807, 2.05) is 6.92 Å². The van der Waals surface area contributed by atoms with Crippen molar-refractivity contribution in [3.05, 3.63) is 0 Å². The molecule has 2 N–H and O–H groups in total. The third-order valence-corrected chi connectivity index (χ3v) is 2.86. The first-order valence-corrected chi connectivity index (χ1v) is 5.78. The number of likely N-dealkylation sites (N-methyl/N-ethyl adjacent to an activating group) is 1. The lowest BCUT2D eigenvalue weighted by molar-refractivity contribution is -0.144. The van der Waals surface area contributed by atoms with Gasteiger partial charge in [-0.15, -0.1) is 0 Å². The first-order chi connectivity index (χ1) is 7.50. The molecule has 0 aromatic rings. The van der Waals surface area contributed by atoms with E-state index in [0.717, 1.165) is 12.8 Å². The third-order valence-electron chi connectivity index (χ3n) is 2.86. The van der Waals surface area contributed by atoms with Gasteiger partial charge in [0.25, 0.3) is 0 Å². The highest BCUT2D eigenvalue weighted by Crippen LogP contribution is 2.06. The number of hydrogen-bond acceptors (Lipinski definition) is 3. The van der Waals surface area contributed by atoms with Gasteiger partial charge < -0.3 is 15.5 Å². The van der Waals surface area contributed by atoms with Crippen molar-refractivity contribution in [1.82, 2.24) is 9.80 Å². The fourth-order valence-electron chi connectivity index (χ4n) is 1.70. The summed E-state index contributed by atoms with van der Waals surface area (Å²) in [5, 5.41) is 0. The Morgan fingerprint density at radius 1 is 1.50 bits per heavy atom. The Balaban J connectivity index is 2.29. The van der Waals surface area contributed by atoms with Crippen LogP contribution in [0.2, 0.25) is 0 Å². The van der Waals surface area contributed by atoms with Crippen LogP contribution >= 0.6 is 0 Å². The third kappa shape index (κ3) is 3.81. The second-order valence-electron chi connectivity index (χ2n) is 4.50. The molecule has 16 heavy (non-hydrogen) atoms. The molecule has 92 valence electrons. The van der Waals surface area contributed by atoms with Crippen molar-refractivity contribution in [3.63, 3.8) is 0 Å². The van der Waals surface area contributed by atoms with E-state index in [0.29, 0.717) is 19.5 Å². The number of nitrogens with zero attached hydrogens (tertiary/aromatic N) is 2. The summed E-state index contributed by atoms with van der Waals surface area (Å²) >= 11 is 0. The average molecular weight is 227 g/mol. The Hall–Kier alpha value is -1.10. The number of carbonyl (C=O) groups is 2. The van der Waals surface area contributed by atoms with Gasteiger partial charge in [0, 0.05) is 32.6 Å². The van der Waals surface area contributed by atoms with E-state index >= 15 is 0 Å². The number of piperazine rings is 1. The normalized spacial score (nSPS) is 18.8. The van der Waals surface area contributed by atoms with Gasteiger partial charge in [-0.3, -0.25) is 9.59 Å². The van der Waals surface area contributed by atoms with Gasteiger partial charge in [-0.1, -0.05) is 0 Å². The van der Waals surface area contributed by atoms with Crippen molar-refractivity contribution in [2.24, 2.45) is 5.73 Å². The van der Waals surface area contributed by atoms with Crippen LogP contribution < -0.4 is 5.73 Å². The van der Waals surface area contributed by atoms with Gasteiger partial charge in [0.05, 0.1) is 6.54 Å². The lowest BCUT2D eigenvalue weighted by Crippen LogP contribution is -2.50. The molecule has 1 fully saturated rings. The zero-order valence-corrected chi connectivity index (χ0v) is 10.1. The van der Waals surface area contributed by atoms with Gasteiger partial charge >= 0.3 is 0 Å². The Kier molecular flexibility index (Phi) is 4.73. The second-order valence-corrected chi connectivity index (χ2v) is 4.50. The lowest BCUT2D eigenvalue weighted by Gasteiger charge is -2.32. The molecule has 1 aliphatic rings. The van der Waals surface area contributed by atoms with Gasteiger partial charge in [-0.25, -0.2) is 0 Å². The fourth-order valence-corrected chi connectivity index (χ4v) is 1.70. The summed E-state index contributed by atoms with van der Waals surface area (Å²) < 4.78 is 0. The van der Waals surface area contributed by atoms with Crippen LogP contribution in [-0.4, -0.2) is 54.3 Å². The molecule has 0 spiro atoms. The summed E-state index contributed by atoms with van der Waals surface area (Å²) in [4.78, 5) is 26.5. The molecular formula is C11H21N3O2. The van der Waals surface area contributed by atoms with Gasteiger partial charge in [0.2, 0.25) is 11.8 Å². The van der Waals surface area contributed by atoms with Crippen LogP contribution in [0.15, 0.2) is 0 Å². The molecule has 0 aromatic heterocycles. The maximum absolute atomic E-state index is 11.7. The Bertz CT molecular complexity index is 266. The van der Waals surface area contributed by atoms with Crippen LogP contribution in [0.25, 0.3) is 0 Å². The van der Waals surface area contributed by atoms with E-state index in [2.05, 4.69) is 0 Å². The van der Waals surface area contributed by atoms with E-state index in [1.165, 1.54) is 0 Å². The number of carbonyl (C=O) groups excluding carboxylic acids is 2. The first kappa shape index (κ1) is 13.0. The Labute approximate surface area is 96.6 Å². The molecule has 1 rings (SSSR count).